The molecule has 0 bridgehead atoms. The van der Waals surface area contributed by atoms with Crippen LogP contribution in [0.4, 0.5) is 8.78 Å². The zero-order valence-electron chi connectivity index (χ0n) is 21.1. The van der Waals surface area contributed by atoms with Gasteiger partial charge in [0.2, 0.25) is 5.76 Å². The Morgan fingerprint density at radius 2 is 1.43 bits per heavy atom. The second kappa shape index (κ2) is 13.8. The molecule has 3 N–H and O–H groups in total. The first-order valence-corrected chi connectivity index (χ1v) is 13.9. The Balaban J connectivity index is 1.93. The van der Waals surface area contributed by atoms with Crippen molar-refractivity contribution in [2.24, 2.45) is 0 Å². The third-order valence-electron chi connectivity index (χ3n) is 5.16. The van der Waals surface area contributed by atoms with Crippen LogP contribution in [0.3, 0.4) is 0 Å². The van der Waals surface area contributed by atoms with Crippen LogP contribution < -0.4 is 9.47 Å². The van der Waals surface area contributed by atoms with Gasteiger partial charge in [-0.1, -0.05) is 23.2 Å². The fourth-order valence-electron chi connectivity index (χ4n) is 3.61. The van der Waals surface area contributed by atoms with Crippen molar-refractivity contribution >= 4 is 37.0 Å². The van der Waals surface area contributed by atoms with Gasteiger partial charge in [0.25, 0.3) is 0 Å². The highest BCUT2D eigenvalue weighted by Gasteiger charge is 2.45. The molecule has 40 heavy (non-hydrogen) atoms. The maximum atomic E-state index is 14.5. The monoisotopic (exact) mass is 628 g/mol. The van der Waals surface area contributed by atoms with Gasteiger partial charge in [-0.3, -0.25) is 4.52 Å². The SMILES string of the molecule is CCOc1c(F)cc(COC2=C(OCc3cc(F)c(OCC)c(Cl)c3)[C@H]([C@H](CO)OP(=O)(O)O)OC2=O)cc1Cl. The molecule has 2 aromatic carbocycles. The number of esters is 1. The summed E-state index contributed by atoms with van der Waals surface area (Å²) >= 11 is 12.2. The molecular formula is C24H25Cl2F2O11P. The molecule has 0 aliphatic carbocycles. The van der Waals surface area contributed by atoms with E-state index in [0.717, 1.165) is 12.1 Å². The van der Waals surface area contributed by atoms with E-state index >= 15 is 0 Å². The van der Waals surface area contributed by atoms with Gasteiger partial charge in [-0.2, -0.15) is 0 Å². The Kier molecular flexibility index (Phi) is 11.0. The lowest BCUT2D eigenvalue weighted by Gasteiger charge is -2.23. The molecule has 3 rings (SSSR count). The van der Waals surface area contributed by atoms with Crippen molar-refractivity contribution < 1.29 is 61.2 Å². The van der Waals surface area contributed by atoms with Gasteiger partial charge in [0.1, 0.15) is 19.3 Å². The van der Waals surface area contributed by atoms with Crippen molar-refractivity contribution in [3.8, 4) is 11.5 Å². The summed E-state index contributed by atoms with van der Waals surface area (Å²) in [6, 6.07) is 4.80. The van der Waals surface area contributed by atoms with Crippen LogP contribution >= 0.6 is 31.0 Å². The molecule has 0 saturated carbocycles. The lowest BCUT2D eigenvalue weighted by Crippen LogP contribution is -2.34. The first kappa shape index (κ1) is 31.9. The van der Waals surface area contributed by atoms with Crippen LogP contribution in [-0.2, 0) is 41.3 Å². The summed E-state index contributed by atoms with van der Waals surface area (Å²) in [5.41, 5.74) is 0.354. The van der Waals surface area contributed by atoms with E-state index < -0.39 is 69.0 Å². The number of phosphoric ester groups is 1. The Hall–Kier alpha value is -2.64. The fourth-order valence-corrected chi connectivity index (χ4v) is 4.71. The maximum Gasteiger partial charge on any atom is 0.470 e. The molecule has 1 aliphatic heterocycles. The molecule has 2 atom stereocenters. The third kappa shape index (κ3) is 7.97. The van der Waals surface area contributed by atoms with Gasteiger partial charge in [-0.05, 0) is 49.2 Å². The molecule has 1 aliphatic rings. The molecule has 0 unspecified atom stereocenters. The summed E-state index contributed by atoms with van der Waals surface area (Å²) in [7, 11) is -5.16. The highest BCUT2D eigenvalue weighted by Crippen LogP contribution is 2.41. The lowest BCUT2D eigenvalue weighted by molar-refractivity contribution is -0.148. The summed E-state index contributed by atoms with van der Waals surface area (Å²) in [4.78, 5) is 31.1. The predicted molar refractivity (Wildman–Crippen MR) is 136 cm³/mol. The summed E-state index contributed by atoms with van der Waals surface area (Å²) in [5, 5.41) is 9.58. The molecule has 0 radical (unpaired) electrons. The number of aliphatic hydroxyl groups is 1. The van der Waals surface area contributed by atoms with Crippen molar-refractivity contribution in [3.63, 3.8) is 0 Å². The molecule has 0 saturated heterocycles. The van der Waals surface area contributed by atoms with Crippen LogP contribution in [-0.4, -0.2) is 52.9 Å². The number of carbonyl (C=O) groups is 1. The number of cyclic esters (lactones) is 1. The van der Waals surface area contributed by atoms with Crippen molar-refractivity contribution in [1.29, 1.82) is 0 Å². The van der Waals surface area contributed by atoms with E-state index in [1.807, 2.05) is 0 Å². The minimum absolute atomic E-state index is 0.0532. The van der Waals surface area contributed by atoms with E-state index in [0.29, 0.717) is 0 Å². The molecule has 0 amide bonds. The average Bonchev–Trinajstić information content (AvgIpc) is 3.18. The zero-order chi connectivity index (χ0) is 29.6. The predicted octanol–water partition coefficient (Wildman–Crippen LogP) is 4.41. The second-order valence-electron chi connectivity index (χ2n) is 8.06. The van der Waals surface area contributed by atoms with Crippen LogP contribution in [0.5, 0.6) is 11.5 Å². The first-order valence-electron chi connectivity index (χ1n) is 11.6. The number of ether oxygens (including phenoxy) is 5. The second-order valence-corrected chi connectivity index (χ2v) is 10.1. The van der Waals surface area contributed by atoms with Crippen molar-refractivity contribution in [2.75, 3.05) is 19.8 Å². The largest absolute Gasteiger partial charge is 0.489 e. The topological polar surface area (TPSA) is 150 Å². The molecule has 2 aromatic rings. The van der Waals surface area contributed by atoms with Gasteiger partial charge >= 0.3 is 13.8 Å². The van der Waals surface area contributed by atoms with Gasteiger partial charge in [0.15, 0.2) is 35.0 Å². The highest BCUT2D eigenvalue weighted by molar-refractivity contribution is 7.46. The van der Waals surface area contributed by atoms with Crippen LogP contribution in [0.2, 0.25) is 10.0 Å². The van der Waals surface area contributed by atoms with Gasteiger partial charge in [0, 0.05) is 0 Å². The Morgan fingerprint density at radius 3 is 1.85 bits per heavy atom. The van der Waals surface area contributed by atoms with E-state index in [1.165, 1.54) is 12.1 Å². The number of phosphoric acid groups is 1. The number of hydrogen-bond acceptors (Lipinski definition) is 9. The number of aliphatic hydroxyl groups excluding tert-OH is 1. The minimum atomic E-state index is -5.16. The molecule has 0 aromatic heterocycles. The number of halogens is 4. The molecular weight excluding hydrogens is 604 g/mol. The summed E-state index contributed by atoms with van der Waals surface area (Å²) < 4.78 is 71.5. The van der Waals surface area contributed by atoms with Crippen LogP contribution in [0.15, 0.2) is 35.8 Å². The van der Waals surface area contributed by atoms with E-state index in [2.05, 4.69) is 4.52 Å². The molecule has 220 valence electrons. The van der Waals surface area contributed by atoms with E-state index in [4.69, 9.17) is 46.9 Å². The molecule has 1 heterocycles. The summed E-state index contributed by atoms with van der Waals surface area (Å²) in [6.07, 6.45) is -3.46. The number of hydrogen-bond donors (Lipinski definition) is 3. The van der Waals surface area contributed by atoms with Crippen LogP contribution in [0.1, 0.15) is 25.0 Å². The Labute approximate surface area is 237 Å². The molecule has 11 nitrogen and oxygen atoms in total. The smallest absolute Gasteiger partial charge is 0.470 e. The van der Waals surface area contributed by atoms with E-state index in [9.17, 15) is 33.0 Å². The Bertz CT molecular complexity index is 1270. The van der Waals surface area contributed by atoms with Crippen molar-refractivity contribution in [1.82, 2.24) is 0 Å². The van der Waals surface area contributed by atoms with Crippen LogP contribution in [0.25, 0.3) is 0 Å². The molecule has 16 heteroatoms. The quantitative estimate of drug-likeness (QED) is 0.202. The summed E-state index contributed by atoms with van der Waals surface area (Å²) in [6.45, 7) is 1.74. The van der Waals surface area contributed by atoms with Crippen LogP contribution in [0, 0.1) is 11.6 Å². The fraction of sp³-hybridized carbons (Fsp3) is 0.375. The number of carbonyl (C=O) groups excluding carboxylic acids is 1. The zero-order valence-corrected chi connectivity index (χ0v) is 23.5. The maximum absolute atomic E-state index is 14.5. The van der Waals surface area contributed by atoms with Gasteiger partial charge in [-0.25, -0.2) is 18.1 Å². The standard InChI is InChI=1S/C24H25Cl2F2O11P/c1-3-34-19-14(25)5-12(7-16(19)27)10-36-22-21(18(9-29)39-40(31,32)33)38-24(30)23(22)37-11-13-6-15(26)20(35-4-2)17(28)8-13/h5-8,18,21,29H,3-4,9-11H2,1-2H3,(H2,31,32,33)/t18-,21-/m0/s1. The van der Waals surface area contributed by atoms with Gasteiger partial charge < -0.3 is 38.6 Å². The molecule has 0 fully saturated rings. The lowest BCUT2D eigenvalue weighted by atomic mass is 10.1. The molecule has 0 spiro atoms. The average molecular weight is 629 g/mol. The van der Waals surface area contributed by atoms with E-state index in [1.54, 1.807) is 13.8 Å². The normalized spacial score (nSPS) is 16.1. The third-order valence-corrected chi connectivity index (χ3v) is 6.27. The highest BCUT2D eigenvalue weighted by atomic mass is 35.5. The minimum Gasteiger partial charge on any atom is -0.489 e. The number of benzene rings is 2. The summed E-state index contributed by atoms with van der Waals surface area (Å²) in [5.74, 6) is -4.05. The number of rotatable bonds is 14. The van der Waals surface area contributed by atoms with Gasteiger partial charge in [-0.15, -0.1) is 0 Å². The van der Waals surface area contributed by atoms with Crippen molar-refractivity contribution in [2.45, 2.75) is 39.3 Å². The Morgan fingerprint density at radius 1 is 0.925 bits per heavy atom. The van der Waals surface area contributed by atoms with E-state index in [-0.39, 0.29) is 45.9 Å². The first-order chi connectivity index (χ1) is 18.9. The van der Waals surface area contributed by atoms with Crippen molar-refractivity contribution in [3.05, 3.63) is 68.6 Å². The van der Waals surface area contributed by atoms with Gasteiger partial charge in [0.05, 0.1) is 29.9 Å².